The van der Waals surface area contributed by atoms with Gasteiger partial charge in [0.05, 0.1) is 11.0 Å². The standard InChI is InChI=1S/C13H13N3.C2H4O2/c1-2-16-13-5-11-9-3-8(6-14-7-9)10(11)4-12(13)15-1;1-2(3)4/h1-2,4-5,8-9,14H,3,6-7H2;1H3,(H,3,4)/t8-,9-;/m1./s1. The fourth-order valence-corrected chi connectivity index (χ4v) is 3.17. The maximum atomic E-state index is 9.00. The third kappa shape index (κ3) is 2.36. The predicted molar refractivity (Wildman–Crippen MR) is 75.8 cm³/mol. The molecule has 0 saturated carbocycles. The molecule has 1 aliphatic carbocycles. The van der Waals surface area contributed by atoms with Gasteiger partial charge >= 0.3 is 0 Å². The summed E-state index contributed by atoms with van der Waals surface area (Å²) in [5.74, 6) is 0.556. The van der Waals surface area contributed by atoms with Crippen molar-refractivity contribution in [3.8, 4) is 0 Å². The third-order valence-corrected chi connectivity index (χ3v) is 3.90. The molecule has 0 spiro atoms. The van der Waals surface area contributed by atoms with Crippen molar-refractivity contribution in [2.45, 2.75) is 25.2 Å². The Hall–Kier alpha value is -2.01. The Labute approximate surface area is 117 Å². The first-order chi connectivity index (χ1) is 9.65. The largest absolute Gasteiger partial charge is 0.481 e. The number of nitrogens with one attached hydrogen (secondary N) is 1. The number of aliphatic carboxylic acids is 1. The minimum absolute atomic E-state index is 0.695. The van der Waals surface area contributed by atoms with Crippen molar-refractivity contribution >= 4 is 17.0 Å². The van der Waals surface area contributed by atoms with Gasteiger partial charge in [-0.15, -0.1) is 0 Å². The summed E-state index contributed by atoms with van der Waals surface area (Å²) in [7, 11) is 0. The van der Waals surface area contributed by atoms with Gasteiger partial charge in [0.25, 0.3) is 5.97 Å². The smallest absolute Gasteiger partial charge is 0.300 e. The lowest BCUT2D eigenvalue weighted by Crippen LogP contribution is -2.28. The van der Waals surface area contributed by atoms with Crippen LogP contribution in [0.25, 0.3) is 11.0 Å². The van der Waals surface area contributed by atoms with Gasteiger partial charge in [-0.3, -0.25) is 14.8 Å². The van der Waals surface area contributed by atoms with E-state index in [-0.39, 0.29) is 0 Å². The molecule has 5 nitrogen and oxygen atoms in total. The summed E-state index contributed by atoms with van der Waals surface area (Å²) in [5, 5.41) is 10.9. The topological polar surface area (TPSA) is 75.1 Å². The zero-order valence-corrected chi connectivity index (χ0v) is 11.3. The van der Waals surface area contributed by atoms with Crippen LogP contribution in [0.4, 0.5) is 0 Å². The van der Waals surface area contributed by atoms with Gasteiger partial charge in [-0.1, -0.05) is 0 Å². The number of benzene rings is 1. The second-order valence-corrected chi connectivity index (χ2v) is 5.33. The molecule has 2 aliphatic rings. The molecular weight excluding hydrogens is 254 g/mol. The molecule has 0 radical (unpaired) electrons. The average Bonchev–Trinajstić information content (AvgIpc) is 2.67. The van der Waals surface area contributed by atoms with E-state index in [1.54, 1.807) is 12.4 Å². The molecule has 4 rings (SSSR count). The molecule has 2 N–H and O–H groups in total. The Morgan fingerprint density at radius 3 is 2.05 bits per heavy atom. The van der Waals surface area contributed by atoms with Crippen molar-refractivity contribution < 1.29 is 9.90 Å². The average molecular weight is 271 g/mol. The number of rotatable bonds is 0. The molecule has 2 heterocycles. The molecular formula is C15H17N3O2. The first-order valence-corrected chi connectivity index (χ1v) is 6.80. The summed E-state index contributed by atoms with van der Waals surface area (Å²) >= 11 is 0. The quantitative estimate of drug-likeness (QED) is 0.765. The molecule has 2 atom stereocenters. The number of carbonyl (C=O) groups is 1. The van der Waals surface area contributed by atoms with Gasteiger partial charge in [0.2, 0.25) is 0 Å². The molecule has 0 amide bonds. The highest BCUT2D eigenvalue weighted by Gasteiger charge is 2.34. The lowest BCUT2D eigenvalue weighted by molar-refractivity contribution is -0.134. The molecule has 2 bridgehead atoms. The minimum Gasteiger partial charge on any atom is -0.481 e. The van der Waals surface area contributed by atoms with Crippen LogP contribution >= 0.6 is 0 Å². The van der Waals surface area contributed by atoms with E-state index in [4.69, 9.17) is 9.90 Å². The maximum absolute atomic E-state index is 9.00. The van der Waals surface area contributed by atoms with Crippen molar-refractivity contribution in [2.24, 2.45) is 0 Å². The second-order valence-electron chi connectivity index (χ2n) is 5.33. The Bertz CT molecular complexity index is 604. The monoisotopic (exact) mass is 271 g/mol. The minimum atomic E-state index is -0.833. The van der Waals surface area contributed by atoms with E-state index < -0.39 is 5.97 Å². The van der Waals surface area contributed by atoms with Crippen LogP contribution in [-0.4, -0.2) is 34.1 Å². The Morgan fingerprint density at radius 2 is 1.60 bits per heavy atom. The van der Waals surface area contributed by atoms with Gasteiger partial charge in [-0.05, 0) is 41.5 Å². The Morgan fingerprint density at radius 1 is 1.15 bits per heavy atom. The zero-order valence-electron chi connectivity index (χ0n) is 11.3. The number of nitrogens with zero attached hydrogens (tertiary/aromatic N) is 2. The molecule has 1 fully saturated rings. The summed E-state index contributed by atoms with van der Waals surface area (Å²) in [6.45, 7) is 3.32. The molecule has 20 heavy (non-hydrogen) atoms. The molecule has 5 heteroatoms. The summed E-state index contributed by atoms with van der Waals surface area (Å²) < 4.78 is 0. The van der Waals surface area contributed by atoms with Crippen LogP contribution in [0.1, 0.15) is 36.3 Å². The lowest BCUT2D eigenvalue weighted by atomic mass is 9.98. The van der Waals surface area contributed by atoms with Crippen LogP contribution < -0.4 is 5.32 Å². The highest BCUT2D eigenvalue weighted by Crippen LogP contribution is 2.44. The lowest BCUT2D eigenvalue weighted by Gasteiger charge is -2.19. The maximum Gasteiger partial charge on any atom is 0.300 e. The van der Waals surface area contributed by atoms with Crippen LogP contribution in [0.15, 0.2) is 24.5 Å². The fraction of sp³-hybridized carbons (Fsp3) is 0.400. The highest BCUT2D eigenvalue weighted by molar-refractivity contribution is 5.77. The van der Waals surface area contributed by atoms with E-state index >= 15 is 0 Å². The van der Waals surface area contributed by atoms with E-state index in [1.807, 2.05) is 0 Å². The van der Waals surface area contributed by atoms with Crippen LogP contribution in [0.3, 0.4) is 0 Å². The van der Waals surface area contributed by atoms with Crippen molar-refractivity contribution in [1.82, 2.24) is 15.3 Å². The number of carboxylic acid groups (broad SMARTS) is 1. The summed E-state index contributed by atoms with van der Waals surface area (Å²) in [6.07, 6.45) is 4.85. The van der Waals surface area contributed by atoms with Crippen molar-refractivity contribution in [3.05, 3.63) is 35.7 Å². The number of aromatic nitrogens is 2. The van der Waals surface area contributed by atoms with E-state index in [2.05, 4.69) is 27.4 Å². The van der Waals surface area contributed by atoms with Gasteiger partial charge in [0.15, 0.2) is 0 Å². The Balaban J connectivity index is 0.000000272. The number of hydrogen-bond donors (Lipinski definition) is 2. The first kappa shape index (κ1) is 13.0. The fourth-order valence-electron chi connectivity index (χ4n) is 3.17. The molecule has 1 aliphatic heterocycles. The van der Waals surface area contributed by atoms with E-state index in [1.165, 1.54) is 17.5 Å². The van der Waals surface area contributed by atoms with Crippen molar-refractivity contribution in [1.29, 1.82) is 0 Å². The molecule has 2 aromatic rings. The normalized spacial score (nSPS) is 22.9. The van der Waals surface area contributed by atoms with Crippen molar-refractivity contribution in [2.75, 3.05) is 13.1 Å². The van der Waals surface area contributed by atoms with E-state index in [0.717, 1.165) is 31.0 Å². The second kappa shape index (κ2) is 5.17. The van der Waals surface area contributed by atoms with Gasteiger partial charge < -0.3 is 10.4 Å². The van der Waals surface area contributed by atoms with Crippen molar-refractivity contribution in [3.63, 3.8) is 0 Å². The van der Waals surface area contributed by atoms with E-state index in [0.29, 0.717) is 11.8 Å². The molecule has 1 aromatic heterocycles. The third-order valence-electron chi connectivity index (χ3n) is 3.90. The predicted octanol–water partition coefficient (Wildman–Crippen LogP) is 1.89. The number of carboxylic acids is 1. The number of piperidine rings is 1. The first-order valence-electron chi connectivity index (χ1n) is 6.80. The molecule has 0 unspecified atom stereocenters. The number of fused-ring (bicyclic) bond motifs is 6. The van der Waals surface area contributed by atoms with Gasteiger partial charge in [0.1, 0.15) is 0 Å². The zero-order chi connectivity index (χ0) is 14.1. The summed E-state index contributed by atoms with van der Waals surface area (Å²) in [4.78, 5) is 17.8. The van der Waals surface area contributed by atoms with Crippen LogP contribution in [0.2, 0.25) is 0 Å². The SMILES string of the molecule is CC(=O)O.c1cnc2cc3c(cc2n1)[C@H]1CNC[C@H]3C1. The number of hydrogen-bond acceptors (Lipinski definition) is 4. The van der Waals surface area contributed by atoms with Gasteiger partial charge in [-0.2, -0.15) is 0 Å². The summed E-state index contributed by atoms with van der Waals surface area (Å²) in [6, 6.07) is 4.49. The molecule has 1 saturated heterocycles. The highest BCUT2D eigenvalue weighted by atomic mass is 16.4. The molecule has 104 valence electrons. The van der Waals surface area contributed by atoms with Gasteiger partial charge in [-0.25, -0.2) is 0 Å². The van der Waals surface area contributed by atoms with Gasteiger partial charge in [0, 0.05) is 32.4 Å². The van der Waals surface area contributed by atoms with Crippen LogP contribution in [0.5, 0.6) is 0 Å². The molecule has 1 aromatic carbocycles. The van der Waals surface area contributed by atoms with Crippen LogP contribution in [-0.2, 0) is 4.79 Å². The Kier molecular flexibility index (Phi) is 3.36. The van der Waals surface area contributed by atoms with Crippen LogP contribution in [0, 0.1) is 0 Å². The summed E-state index contributed by atoms with van der Waals surface area (Å²) in [5.41, 5.74) is 5.08. The van der Waals surface area contributed by atoms with E-state index in [9.17, 15) is 0 Å².